The van der Waals surface area contributed by atoms with Gasteiger partial charge in [0.2, 0.25) is 0 Å². The van der Waals surface area contributed by atoms with E-state index in [1.165, 1.54) is 0 Å². The number of carbonyl (C=O) groups is 2. The number of hydrogen-bond donors (Lipinski definition) is 2. The second-order valence-corrected chi connectivity index (χ2v) is 5.14. The number of amides is 2. The lowest BCUT2D eigenvalue weighted by molar-refractivity contribution is -0.139. The summed E-state index contributed by atoms with van der Waals surface area (Å²) in [6.07, 6.45) is 4.08. The van der Waals surface area contributed by atoms with Crippen LogP contribution in [0.25, 0.3) is 0 Å². The van der Waals surface area contributed by atoms with Crippen molar-refractivity contribution in [3.8, 4) is 0 Å². The maximum atomic E-state index is 12.0. The molecule has 1 unspecified atom stereocenters. The molecular weight excluding hydrogens is 232 g/mol. The molecule has 102 valence electrons. The monoisotopic (exact) mass is 254 g/mol. The molecule has 2 N–H and O–H groups in total. The summed E-state index contributed by atoms with van der Waals surface area (Å²) < 4.78 is 0. The summed E-state index contributed by atoms with van der Waals surface area (Å²) in [5.74, 6) is -0.758. The highest BCUT2D eigenvalue weighted by molar-refractivity contribution is 5.83. The van der Waals surface area contributed by atoms with Gasteiger partial charge in [-0.1, -0.05) is 19.9 Å². The Morgan fingerprint density at radius 1 is 1.50 bits per heavy atom. The first-order chi connectivity index (χ1) is 8.45. The van der Waals surface area contributed by atoms with E-state index in [-0.39, 0.29) is 18.0 Å². The van der Waals surface area contributed by atoms with Crippen LogP contribution >= 0.6 is 0 Å². The van der Waals surface area contributed by atoms with E-state index >= 15 is 0 Å². The zero-order valence-corrected chi connectivity index (χ0v) is 11.1. The van der Waals surface area contributed by atoms with Crippen LogP contribution in [0.2, 0.25) is 0 Å². The Labute approximate surface area is 108 Å². The topological polar surface area (TPSA) is 69.6 Å². The average Bonchev–Trinajstić information content (AvgIpc) is 3.07. The summed E-state index contributed by atoms with van der Waals surface area (Å²) in [5.41, 5.74) is 0. The molecule has 0 aromatic carbocycles. The van der Waals surface area contributed by atoms with Gasteiger partial charge < -0.3 is 15.3 Å². The van der Waals surface area contributed by atoms with Gasteiger partial charge in [0.05, 0.1) is 0 Å². The number of rotatable bonds is 7. The number of urea groups is 1. The first-order valence-corrected chi connectivity index (χ1v) is 6.36. The Morgan fingerprint density at radius 3 is 2.50 bits per heavy atom. The number of nitrogens with zero attached hydrogens (tertiary/aromatic N) is 1. The predicted octanol–water partition coefficient (Wildman–Crippen LogP) is 1.85. The summed E-state index contributed by atoms with van der Waals surface area (Å²) in [5, 5.41) is 11.7. The normalized spacial score (nSPS) is 16.2. The van der Waals surface area contributed by atoms with Gasteiger partial charge in [0.1, 0.15) is 6.04 Å². The van der Waals surface area contributed by atoms with E-state index in [0.717, 1.165) is 12.8 Å². The fourth-order valence-electron chi connectivity index (χ4n) is 1.85. The summed E-state index contributed by atoms with van der Waals surface area (Å²) >= 11 is 0. The Bertz CT molecular complexity index is 324. The Kier molecular flexibility index (Phi) is 5.19. The Balaban J connectivity index is 2.58. The molecule has 0 heterocycles. The Hall–Kier alpha value is -1.52. The van der Waals surface area contributed by atoms with Gasteiger partial charge in [0, 0.05) is 12.6 Å². The molecule has 1 rings (SSSR count). The van der Waals surface area contributed by atoms with Crippen molar-refractivity contribution >= 4 is 12.0 Å². The van der Waals surface area contributed by atoms with Crippen molar-refractivity contribution in [3.05, 3.63) is 12.7 Å². The Morgan fingerprint density at radius 2 is 2.11 bits per heavy atom. The molecule has 1 saturated carbocycles. The van der Waals surface area contributed by atoms with Crippen molar-refractivity contribution < 1.29 is 14.7 Å². The third-order valence-corrected chi connectivity index (χ3v) is 2.88. The zero-order valence-electron chi connectivity index (χ0n) is 11.1. The van der Waals surface area contributed by atoms with Crippen LogP contribution in [0.1, 0.15) is 33.1 Å². The van der Waals surface area contributed by atoms with E-state index in [2.05, 4.69) is 11.9 Å². The minimum Gasteiger partial charge on any atom is -0.480 e. The second-order valence-electron chi connectivity index (χ2n) is 5.14. The van der Waals surface area contributed by atoms with E-state index in [1.807, 2.05) is 13.8 Å². The molecule has 0 aromatic heterocycles. The predicted molar refractivity (Wildman–Crippen MR) is 69.3 cm³/mol. The standard InChI is InChI=1S/C13H22N2O3/c1-4-7-15(10-5-6-10)13(18)14-11(12(16)17)8-9(2)3/h4,9-11H,1,5-8H2,2-3H3,(H,14,18)(H,16,17). The van der Waals surface area contributed by atoms with Gasteiger partial charge in [0.15, 0.2) is 0 Å². The van der Waals surface area contributed by atoms with Crippen LogP contribution < -0.4 is 5.32 Å². The van der Waals surface area contributed by atoms with Crippen molar-refractivity contribution in [3.63, 3.8) is 0 Å². The molecule has 1 atom stereocenters. The molecule has 0 aromatic rings. The number of nitrogens with one attached hydrogen (secondary N) is 1. The number of carboxylic acids is 1. The largest absolute Gasteiger partial charge is 0.480 e. The highest BCUT2D eigenvalue weighted by Gasteiger charge is 2.33. The second kappa shape index (κ2) is 6.42. The first kappa shape index (κ1) is 14.5. The molecule has 0 bridgehead atoms. The highest BCUT2D eigenvalue weighted by atomic mass is 16.4. The lowest BCUT2D eigenvalue weighted by Crippen LogP contribution is -2.49. The third-order valence-electron chi connectivity index (χ3n) is 2.88. The molecule has 1 aliphatic rings. The highest BCUT2D eigenvalue weighted by Crippen LogP contribution is 2.26. The molecule has 0 saturated heterocycles. The van der Waals surface area contributed by atoms with Gasteiger partial charge in [-0.3, -0.25) is 0 Å². The van der Waals surface area contributed by atoms with Crippen LogP contribution in [0.5, 0.6) is 0 Å². The van der Waals surface area contributed by atoms with Gasteiger partial charge in [-0.15, -0.1) is 6.58 Å². The molecule has 2 amide bonds. The van der Waals surface area contributed by atoms with Crippen LogP contribution in [0.3, 0.4) is 0 Å². The summed E-state index contributed by atoms with van der Waals surface area (Å²) in [6.45, 7) is 7.95. The molecule has 5 heteroatoms. The minimum atomic E-state index is -0.980. The smallest absolute Gasteiger partial charge is 0.326 e. The third kappa shape index (κ3) is 4.39. The van der Waals surface area contributed by atoms with Gasteiger partial charge in [-0.05, 0) is 25.2 Å². The molecule has 1 fully saturated rings. The van der Waals surface area contributed by atoms with Gasteiger partial charge >= 0.3 is 12.0 Å². The van der Waals surface area contributed by atoms with Gasteiger partial charge in [-0.2, -0.15) is 0 Å². The molecule has 5 nitrogen and oxygen atoms in total. The van der Waals surface area contributed by atoms with Gasteiger partial charge in [-0.25, -0.2) is 9.59 Å². The molecular formula is C13H22N2O3. The first-order valence-electron chi connectivity index (χ1n) is 6.36. The zero-order chi connectivity index (χ0) is 13.7. The van der Waals surface area contributed by atoms with Crippen LogP contribution in [-0.2, 0) is 4.79 Å². The molecule has 0 aliphatic heterocycles. The van der Waals surface area contributed by atoms with Crippen LogP contribution in [-0.4, -0.2) is 40.6 Å². The van der Waals surface area contributed by atoms with Crippen LogP contribution in [0.4, 0.5) is 4.79 Å². The fourth-order valence-corrected chi connectivity index (χ4v) is 1.85. The minimum absolute atomic E-state index is 0.222. The van der Waals surface area contributed by atoms with E-state index in [4.69, 9.17) is 5.11 Å². The molecule has 0 radical (unpaired) electrons. The van der Waals surface area contributed by atoms with E-state index in [1.54, 1.807) is 11.0 Å². The SMILES string of the molecule is C=CCN(C(=O)NC(CC(C)C)C(=O)O)C1CC1. The molecule has 0 spiro atoms. The fraction of sp³-hybridized carbons (Fsp3) is 0.692. The number of hydrogen-bond acceptors (Lipinski definition) is 2. The van der Waals surface area contributed by atoms with Crippen LogP contribution in [0.15, 0.2) is 12.7 Å². The van der Waals surface area contributed by atoms with Crippen molar-refractivity contribution in [2.24, 2.45) is 5.92 Å². The average molecular weight is 254 g/mol. The van der Waals surface area contributed by atoms with E-state index in [0.29, 0.717) is 13.0 Å². The van der Waals surface area contributed by atoms with Crippen molar-refractivity contribution in [1.82, 2.24) is 10.2 Å². The van der Waals surface area contributed by atoms with Crippen molar-refractivity contribution in [2.45, 2.75) is 45.2 Å². The van der Waals surface area contributed by atoms with Crippen LogP contribution in [0, 0.1) is 5.92 Å². The number of aliphatic carboxylic acids is 1. The van der Waals surface area contributed by atoms with Gasteiger partial charge in [0.25, 0.3) is 0 Å². The van der Waals surface area contributed by atoms with Crippen molar-refractivity contribution in [2.75, 3.05) is 6.54 Å². The number of carboxylic acid groups (broad SMARTS) is 1. The number of carbonyl (C=O) groups excluding carboxylic acids is 1. The van der Waals surface area contributed by atoms with Crippen molar-refractivity contribution in [1.29, 1.82) is 0 Å². The quantitative estimate of drug-likeness (QED) is 0.681. The lowest BCUT2D eigenvalue weighted by Gasteiger charge is -2.24. The van der Waals surface area contributed by atoms with E-state index < -0.39 is 12.0 Å². The lowest BCUT2D eigenvalue weighted by atomic mass is 10.0. The molecule has 1 aliphatic carbocycles. The summed E-state index contributed by atoms with van der Waals surface area (Å²) in [6, 6.07) is -0.870. The summed E-state index contributed by atoms with van der Waals surface area (Å²) in [7, 11) is 0. The van der Waals surface area contributed by atoms with E-state index in [9.17, 15) is 9.59 Å². The molecule has 18 heavy (non-hydrogen) atoms. The maximum Gasteiger partial charge on any atom is 0.326 e. The maximum absolute atomic E-state index is 12.0. The summed E-state index contributed by atoms with van der Waals surface area (Å²) in [4.78, 5) is 24.8.